The standard InChI is InChI=1S/C22H23F5N4O2/c1-14(21(33)29-20-16(23)6-4-7-17(20)24)31-11-9-30(10-12-31)13-19(32)28-18-8-3-2-5-15(18)22(25,26)27/h2-8,14H,9-13H2,1H3,(H,28,32)(H,29,33). The minimum atomic E-state index is -4.59. The van der Waals surface area contributed by atoms with Gasteiger partial charge in [-0.2, -0.15) is 13.2 Å². The smallest absolute Gasteiger partial charge is 0.324 e. The van der Waals surface area contributed by atoms with Crippen molar-refractivity contribution in [3.63, 3.8) is 0 Å². The highest BCUT2D eigenvalue weighted by molar-refractivity contribution is 5.95. The van der Waals surface area contributed by atoms with Gasteiger partial charge in [-0.25, -0.2) is 8.78 Å². The van der Waals surface area contributed by atoms with Crippen LogP contribution in [-0.4, -0.2) is 60.4 Å². The van der Waals surface area contributed by atoms with Crippen molar-refractivity contribution in [3.05, 3.63) is 59.7 Å². The van der Waals surface area contributed by atoms with Crippen LogP contribution >= 0.6 is 0 Å². The highest BCUT2D eigenvalue weighted by Gasteiger charge is 2.34. The minimum absolute atomic E-state index is 0.110. The normalized spacial score (nSPS) is 16.3. The second-order valence-electron chi connectivity index (χ2n) is 7.67. The zero-order valence-electron chi connectivity index (χ0n) is 17.8. The number of amides is 2. The molecule has 1 atom stereocenters. The summed E-state index contributed by atoms with van der Waals surface area (Å²) in [5.41, 5.74) is -1.74. The summed E-state index contributed by atoms with van der Waals surface area (Å²) >= 11 is 0. The Balaban J connectivity index is 1.51. The third-order valence-electron chi connectivity index (χ3n) is 5.42. The maximum Gasteiger partial charge on any atom is 0.418 e. The third-order valence-corrected chi connectivity index (χ3v) is 5.42. The lowest BCUT2D eigenvalue weighted by molar-refractivity contribution is -0.137. The van der Waals surface area contributed by atoms with E-state index < -0.39 is 46.9 Å². The Bertz CT molecular complexity index is 986. The first-order valence-electron chi connectivity index (χ1n) is 10.2. The second kappa shape index (κ2) is 10.3. The zero-order valence-corrected chi connectivity index (χ0v) is 17.8. The van der Waals surface area contributed by atoms with Gasteiger partial charge in [-0.3, -0.25) is 19.4 Å². The quantitative estimate of drug-likeness (QED) is 0.634. The Hall–Kier alpha value is -3.05. The van der Waals surface area contributed by atoms with Crippen LogP contribution in [0.15, 0.2) is 42.5 Å². The minimum Gasteiger partial charge on any atom is -0.324 e. The summed E-state index contributed by atoms with van der Waals surface area (Å²) in [5.74, 6) is -2.91. The molecular formula is C22H23F5N4O2. The van der Waals surface area contributed by atoms with E-state index in [0.717, 1.165) is 18.2 Å². The molecule has 0 radical (unpaired) electrons. The fourth-order valence-corrected chi connectivity index (χ4v) is 3.55. The number of anilines is 2. The van der Waals surface area contributed by atoms with Gasteiger partial charge in [0.1, 0.15) is 17.3 Å². The number of hydrogen-bond acceptors (Lipinski definition) is 4. The first-order valence-corrected chi connectivity index (χ1v) is 10.2. The summed E-state index contributed by atoms with van der Waals surface area (Å²) < 4.78 is 66.8. The molecule has 2 amide bonds. The molecule has 178 valence electrons. The van der Waals surface area contributed by atoms with Crippen molar-refractivity contribution >= 4 is 23.2 Å². The summed E-state index contributed by atoms with van der Waals surface area (Å²) in [7, 11) is 0. The van der Waals surface area contributed by atoms with E-state index in [4.69, 9.17) is 0 Å². The monoisotopic (exact) mass is 470 g/mol. The third kappa shape index (κ3) is 6.26. The van der Waals surface area contributed by atoms with Crippen LogP contribution in [0.3, 0.4) is 0 Å². The van der Waals surface area contributed by atoms with Gasteiger partial charge in [0, 0.05) is 26.2 Å². The van der Waals surface area contributed by atoms with Gasteiger partial charge in [-0.15, -0.1) is 0 Å². The highest BCUT2D eigenvalue weighted by atomic mass is 19.4. The number of carbonyl (C=O) groups excluding carboxylic acids is 2. The van der Waals surface area contributed by atoms with Crippen LogP contribution in [0.2, 0.25) is 0 Å². The van der Waals surface area contributed by atoms with E-state index in [1.54, 1.807) is 16.7 Å². The lowest BCUT2D eigenvalue weighted by Crippen LogP contribution is -2.53. The summed E-state index contributed by atoms with van der Waals surface area (Å²) in [6, 6.07) is 7.34. The van der Waals surface area contributed by atoms with Crippen LogP contribution in [0.5, 0.6) is 0 Å². The molecule has 0 saturated carbocycles. The molecule has 2 aromatic rings. The van der Waals surface area contributed by atoms with Gasteiger partial charge in [0.05, 0.1) is 23.8 Å². The molecule has 3 rings (SSSR count). The predicted octanol–water partition coefficient (Wildman–Crippen LogP) is 3.57. The molecule has 2 N–H and O–H groups in total. The van der Waals surface area contributed by atoms with E-state index in [2.05, 4.69) is 10.6 Å². The van der Waals surface area contributed by atoms with E-state index in [-0.39, 0.29) is 12.2 Å². The van der Waals surface area contributed by atoms with Gasteiger partial charge in [0.2, 0.25) is 11.8 Å². The lowest BCUT2D eigenvalue weighted by Gasteiger charge is -2.37. The van der Waals surface area contributed by atoms with E-state index in [9.17, 15) is 31.5 Å². The number of hydrogen-bond donors (Lipinski definition) is 2. The highest BCUT2D eigenvalue weighted by Crippen LogP contribution is 2.34. The molecule has 1 aliphatic heterocycles. The maximum atomic E-state index is 13.8. The molecule has 0 spiro atoms. The Labute approximate surface area is 187 Å². The summed E-state index contributed by atoms with van der Waals surface area (Å²) in [6.07, 6.45) is -4.59. The lowest BCUT2D eigenvalue weighted by atomic mass is 10.1. The molecular weight excluding hydrogens is 447 g/mol. The largest absolute Gasteiger partial charge is 0.418 e. The average Bonchev–Trinajstić information content (AvgIpc) is 2.76. The topological polar surface area (TPSA) is 64.7 Å². The summed E-state index contributed by atoms with van der Waals surface area (Å²) in [6.45, 7) is 3.05. The first-order chi connectivity index (χ1) is 15.6. The summed E-state index contributed by atoms with van der Waals surface area (Å²) in [5, 5.41) is 4.57. The molecule has 1 unspecified atom stereocenters. The van der Waals surface area contributed by atoms with Crippen LogP contribution in [-0.2, 0) is 15.8 Å². The second-order valence-corrected chi connectivity index (χ2v) is 7.67. The van der Waals surface area contributed by atoms with Gasteiger partial charge in [-0.05, 0) is 31.2 Å². The van der Waals surface area contributed by atoms with Crippen molar-refractivity contribution in [3.8, 4) is 0 Å². The zero-order chi connectivity index (χ0) is 24.2. The van der Waals surface area contributed by atoms with Crippen LogP contribution in [0, 0.1) is 11.6 Å². The van der Waals surface area contributed by atoms with Crippen molar-refractivity contribution in [2.45, 2.75) is 19.1 Å². The number of halogens is 5. The van der Waals surface area contributed by atoms with Crippen LogP contribution in [0.25, 0.3) is 0 Å². The number of para-hydroxylation sites is 2. The summed E-state index contributed by atoms with van der Waals surface area (Å²) in [4.78, 5) is 28.3. The van der Waals surface area contributed by atoms with Gasteiger partial charge in [0.25, 0.3) is 0 Å². The van der Waals surface area contributed by atoms with E-state index in [1.807, 2.05) is 0 Å². The molecule has 1 heterocycles. The molecule has 11 heteroatoms. The van der Waals surface area contributed by atoms with Gasteiger partial charge in [0.15, 0.2) is 0 Å². The number of benzene rings is 2. The van der Waals surface area contributed by atoms with Crippen molar-refractivity contribution in [2.24, 2.45) is 0 Å². The van der Waals surface area contributed by atoms with Crippen molar-refractivity contribution < 1.29 is 31.5 Å². The number of piperazine rings is 1. The van der Waals surface area contributed by atoms with Crippen molar-refractivity contribution in [1.29, 1.82) is 0 Å². The Morgan fingerprint density at radius 3 is 2.15 bits per heavy atom. The molecule has 1 aliphatic rings. The Morgan fingerprint density at radius 1 is 0.939 bits per heavy atom. The van der Waals surface area contributed by atoms with Crippen LogP contribution < -0.4 is 10.6 Å². The molecule has 2 aromatic carbocycles. The number of alkyl halides is 3. The average molecular weight is 470 g/mol. The SMILES string of the molecule is CC(C(=O)Nc1c(F)cccc1F)N1CCN(CC(=O)Nc2ccccc2C(F)(F)F)CC1. The Kier molecular flexibility index (Phi) is 7.65. The molecule has 1 saturated heterocycles. The predicted molar refractivity (Wildman–Crippen MR) is 113 cm³/mol. The first kappa shape index (κ1) is 24.6. The number of nitrogens with zero attached hydrogens (tertiary/aromatic N) is 2. The number of rotatable bonds is 6. The fourth-order valence-electron chi connectivity index (χ4n) is 3.55. The van der Waals surface area contributed by atoms with Crippen LogP contribution in [0.1, 0.15) is 12.5 Å². The van der Waals surface area contributed by atoms with E-state index in [1.165, 1.54) is 24.3 Å². The Morgan fingerprint density at radius 2 is 1.55 bits per heavy atom. The number of nitrogens with one attached hydrogen (secondary N) is 2. The van der Waals surface area contributed by atoms with Crippen LogP contribution in [0.4, 0.5) is 33.3 Å². The number of carbonyl (C=O) groups is 2. The molecule has 0 bridgehead atoms. The van der Waals surface area contributed by atoms with E-state index >= 15 is 0 Å². The molecule has 0 aromatic heterocycles. The van der Waals surface area contributed by atoms with Crippen molar-refractivity contribution in [1.82, 2.24) is 9.80 Å². The fraction of sp³-hybridized carbons (Fsp3) is 0.364. The van der Waals surface area contributed by atoms with Crippen molar-refractivity contribution in [2.75, 3.05) is 43.4 Å². The maximum absolute atomic E-state index is 13.8. The molecule has 33 heavy (non-hydrogen) atoms. The van der Waals surface area contributed by atoms with Gasteiger partial charge in [-0.1, -0.05) is 18.2 Å². The van der Waals surface area contributed by atoms with Gasteiger partial charge < -0.3 is 10.6 Å². The molecule has 1 fully saturated rings. The molecule has 0 aliphatic carbocycles. The molecule has 6 nitrogen and oxygen atoms in total. The van der Waals surface area contributed by atoms with Gasteiger partial charge >= 0.3 is 6.18 Å². The van der Waals surface area contributed by atoms with E-state index in [0.29, 0.717) is 26.2 Å².